The number of fused-ring (bicyclic) bond motifs is 1. The molecule has 4 rings (SSSR count). The first kappa shape index (κ1) is 14.8. The summed E-state index contributed by atoms with van der Waals surface area (Å²) in [5.74, 6) is 0.593. The second-order valence-corrected chi connectivity index (χ2v) is 6.47. The van der Waals surface area contributed by atoms with Gasteiger partial charge in [-0.1, -0.05) is 18.2 Å². The summed E-state index contributed by atoms with van der Waals surface area (Å²) in [5.41, 5.74) is 9.42. The van der Waals surface area contributed by atoms with Gasteiger partial charge >= 0.3 is 0 Å². The average Bonchev–Trinajstić information content (AvgIpc) is 3.40. The van der Waals surface area contributed by atoms with Crippen molar-refractivity contribution in [3.05, 3.63) is 41.1 Å². The highest BCUT2D eigenvalue weighted by Crippen LogP contribution is 2.42. The number of carbonyl (C=O) groups is 1. The molecule has 1 aromatic heterocycles. The molecule has 1 aromatic carbocycles. The normalized spacial score (nSPS) is 16.5. The van der Waals surface area contributed by atoms with Crippen molar-refractivity contribution in [1.82, 2.24) is 9.78 Å². The van der Waals surface area contributed by atoms with E-state index in [2.05, 4.69) is 17.2 Å². The summed E-state index contributed by atoms with van der Waals surface area (Å²) in [7, 11) is 0. The number of aryl methyl sites for hydroxylation is 1. The lowest BCUT2D eigenvalue weighted by Crippen LogP contribution is -2.38. The zero-order valence-corrected chi connectivity index (χ0v) is 13.4. The maximum Gasteiger partial charge on any atom is 0.248 e. The number of para-hydroxylation sites is 1. The molecule has 2 aromatic rings. The van der Waals surface area contributed by atoms with Crippen molar-refractivity contribution < 1.29 is 4.79 Å². The maximum absolute atomic E-state index is 12.8. The summed E-state index contributed by atoms with van der Waals surface area (Å²) >= 11 is 0. The third kappa shape index (κ3) is 2.42. The van der Waals surface area contributed by atoms with E-state index in [0.717, 1.165) is 37.1 Å². The molecule has 1 saturated carbocycles. The molecule has 6 heteroatoms. The van der Waals surface area contributed by atoms with Crippen LogP contribution in [-0.4, -0.2) is 22.2 Å². The standard InChI is InChI=1S/C18H19N5O/c19-10-14-17(13-7-8-13)21-23(18(14)20)11-16(24)22-9-3-5-12-4-1-2-6-15(12)22/h1-2,4,6,13H,3,5,7-9,11,20H2. The van der Waals surface area contributed by atoms with Crippen molar-refractivity contribution in [1.29, 1.82) is 5.26 Å². The van der Waals surface area contributed by atoms with Gasteiger partial charge in [-0.25, -0.2) is 4.68 Å². The van der Waals surface area contributed by atoms with Gasteiger partial charge in [0.15, 0.2) is 0 Å². The van der Waals surface area contributed by atoms with Gasteiger partial charge in [0.2, 0.25) is 5.91 Å². The number of nitrogen functional groups attached to an aromatic ring is 1. The van der Waals surface area contributed by atoms with Gasteiger partial charge in [0.25, 0.3) is 0 Å². The molecule has 0 saturated heterocycles. The van der Waals surface area contributed by atoms with E-state index in [0.29, 0.717) is 23.8 Å². The molecule has 0 unspecified atom stereocenters. The molecule has 1 amide bonds. The minimum absolute atomic E-state index is 0.0387. The Labute approximate surface area is 140 Å². The maximum atomic E-state index is 12.8. The molecule has 122 valence electrons. The van der Waals surface area contributed by atoms with Gasteiger partial charge < -0.3 is 10.6 Å². The van der Waals surface area contributed by atoms with Gasteiger partial charge in [0.05, 0.1) is 5.69 Å². The van der Waals surface area contributed by atoms with Gasteiger partial charge in [-0.3, -0.25) is 4.79 Å². The first-order chi connectivity index (χ1) is 11.7. The van der Waals surface area contributed by atoms with Crippen LogP contribution in [0.5, 0.6) is 0 Å². The Bertz CT molecular complexity index is 844. The fourth-order valence-electron chi connectivity index (χ4n) is 3.38. The van der Waals surface area contributed by atoms with E-state index in [4.69, 9.17) is 5.73 Å². The van der Waals surface area contributed by atoms with Gasteiger partial charge in [-0.15, -0.1) is 0 Å². The number of nitrogens with two attached hydrogens (primary N) is 1. The van der Waals surface area contributed by atoms with E-state index in [9.17, 15) is 10.1 Å². The highest BCUT2D eigenvalue weighted by molar-refractivity contribution is 5.94. The van der Waals surface area contributed by atoms with E-state index >= 15 is 0 Å². The average molecular weight is 321 g/mol. The Morgan fingerprint density at radius 3 is 2.92 bits per heavy atom. The molecule has 0 atom stereocenters. The second kappa shape index (κ2) is 5.68. The van der Waals surface area contributed by atoms with Crippen LogP contribution >= 0.6 is 0 Å². The molecule has 0 bridgehead atoms. The minimum atomic E-state index is -0.0387. The summed E-state index contributed by atoms with van der Waals surface area (Å²) in [6.45, 7) is 0.777. The SMILES string of the molecule is N#Cc1c(C2CC2)nn(CC(=O)N2CCCc3ccccc32)c1N. The monoisotopic (exact) mass is 321 g/mol. The molecule has 6 nitrogen and oxygen atoms in total. The van der Waals surface area contributed by atoms with Crippen LogP contribution in [0.25, 0.3) is 0 Å². The summed E-state index contributed by atoms with van der Waals surface area (Å²) in [5, 5.41) is 13.8. The van der Waals surface area contributed by atoms with Crippen LogP contribution < -0.4 is 10.6 Å². The van der Waals surface area contributed by atoms with Crippen LogP contribution in [0.3, 0.4) is 0 Å². The van der Waals surface area contributed by atoms with Gasteiger partial charge in [0, 0.05) is 18.2 Å². The molecule has 1 aliphatic carbocycles. The second-order valence-electron chi connectivity index (χ2n) is 6.47. The van der Waals surface area contributed by atoms with Crippen LogP contribution in [0.2, 0.25) is 0 Å². The van der Waals surface area contributed by atoms with Crippen LogP contribution in [0.4, 0.5) is 11.5 Å². The van der Waals surface area contributed by atoms with Crippen molar-refractivity contribution in [2.45, 2.75) is 38.1 Å². The van der Waals surface area contributed by atoms with E-state index < -0.39 is 0 Å². The minimum Gasteiger partial charge on any atom is -0.383 e. The predicted octanol–water partition coefficient (Wildman–Crippen LogP) is 2.19. The molecule has 1 fully saturated rings. The molecule has 2 aliphatic rings. The smallest absolute Gasteiger partial charge is 0.248 e. The Hall–Kier alpha value is -2.81. The lowest BCUT2D eigenvalue weighted by molar-refractivity contribution is -0.119. The molecular formula is C18H19N5O. The molecule has 0 radical (unpaired) electrons. The van der Waals surface area contributed by atoms with Crippen LogP contribution in [-0.2, 0) is 17.8 Å². The zero-order chi connectivity index (χ0) is 16.7. The number of amides is 1. The number of hydrogen-bond donors (Lipinski definition) is 1. The Balaban J connectivity index is 1.61. The van der Waals surface area contributed by atoms with Crippen molar-refractivity contribution in [2.24, 2.45) is 0 Å². The Morgan fingerprint density at radius 2 is 2.17 bits per heavy atom. The number of hydrogen-bond acceptors (Lipinski definition) is 4. The summed E-state index contributed by atoms with van der Waals surface area (Å²) < 4.78 is 1.49. The third-order valence-corrected chi connectivity index (χ3v) is 4.79. The highest BCUT2D eigenvalue weighted by Gasteiger charge is 2.32. The molecule has 1 aliphatic heterocycles. The van der Waals surface area contributed by atoms with Gasteiger partial charge in [-0.05, 0) is 37.3 Å². The fraction of sp³-hybridized carbons (Fsp3) is 0.389. The van der Waals surface area contributed by atoms with Crippen LogP contribution in [0.1, 0.15) is 42.0 Å². The molecular weight excluding hydrogens is 302 g/mol. The first-order valence-electron chi connectivity index (χ1n) is 8.33. The molecule has 2 heterocycles. The van der Waals surface area contributed by atoms with Crippen molar-refractivity contribution in [3.63, 3.8) is 0 Å². The summed E-state index contributed by atoms with van der Waals surface area (Å²) in [4.78, 5) is 14.6. The number of anilines is 2. The number of carbonyl (C=O) groups excluding carboxylic acids is 1. The number of benzene rings is 1. The topological polar surface area (TPSA) is 87.9 Å². The van der Waals surface area contributed by atoms with E-state index in [1.54, 1.807) is 0 Å². The third-order valence-electron chi connectivity index (χ3n) is 4.79. The van der Waals surface area contributed by atoms with E-state index in [1.807, 2.05) is 23.1 Å². The Kier molecular flexibility index (Phi) is 3.49. The quantitative estimate of drug-likeness (QED) is 0.938. The van der Waals surface area contributed by atoms with E-state index in [1.165, 1.54) is 10.2 Å². The van der Waals surface area contributed by atoms with Crippen molar-refractivity contribution in [2.75, 3.05) is 17.2 Å². The molecule has 2 N–H and O–H groups in total. The largest absolute Gasteiger partial charge is 0.383 e. The van der Waals surface area contributed by atoms with E-state index in [-0.39, 0.29) is 12.5 Å². The lowest BCUT2D eigenvalue weighted by Gasteiger charge is -2.29. The van der Waals surface area contributed by atoms with Crippen LogP contribution in [0, 0.1) is 11.3 Å². The fourth-order valence-corrected chi connectivity index (χ4v) is 3.38. The number of rotatable bonds is 3. The number of aromatic nitrogens is 2. The molecule has 0 spiro atoms. The van der Waals surface area contributed by atoms with Crippen LogP contribution in [0.15, 0.2) is 24.3 Å². The number of nitrogens with zero attached hydrogens (tertiary/aromatic N) is 4. The number of nitriles is 1. The molecule has 24 heavy (non-hydrogen) atoms. The van der Waals surface area contributed by atoms with Gasteiger partial charge in [-0.2, -0.15) is 10.4 Å². The lowest BCUT2D eigenvalue weighted by atomic mass is 10.0. The predicted molar refractivity (Wildman–Crippen MR) is 90.4 cm³/mol. The van der Waals surface area contributed by atoms with Gasteiger partial charge in [0.1, 0.15) is 24.0 Å². The van der Waals surface area contributed by atoms with Crippen molar-refractivity contribution >= 4 is 17.4 Å². The Morgan fingerprint density at radius 1 is 1.38 bits per heavy atom. The zero-order valence-electron chi connectivity index (χ0n) is 13.4. The summed E-state index contributed by atoms with van der Waals surface area (Å²) in [6.07, 6.45) is 4.03. The van der Waals surface area contributed by atoms with Crippen molar-refractivity contribution in [3.8, 4) is 6.07 Å². The summed E-state index contributed by atoms with van der Waals surface area (Å²) in [6, 6.07) is 10.1. The highest BCUT2D eigenvalue weighted by atomic mass is 16.2. The first-order valence-corrected chi connectivity index (χ1v) is 8.33.